The van der Waals surface area contributed by atoms with Crippen molar-refractivity contribution in [3.8, 4) is 0 Å². The van der Waals surface area contributed by atoms with E-state index in [0.29, 0.717) is 5.56 Å². The molecule has 3 N–H and O–H groups in total. The van der Waals surface area contributed by atoms with E-state index >= 15 is 0 Å². The summed E-state index contributed by atoms with van der Waals surface area (Å²) in [5.41, 5.74) is 6.40. The van der Waals surface area contributed by atoms with Crippen molar-refractivity contribution in [3.05, 3.63) is 29.8 Å². The minimum atomic E-state index is -0.365. The predicted molar refractivity (Wildman–Crippen MR) is 80.4 cm³/mol. The molecule has 1 fully saturated rings. The first-order valence-corrected chi connectivity index (χ1v) is 6.03. The Labute approximate surface area is 120 Å². The molecule has 0 atom stereocenters. The van der Waals surface area contributed by atoms with Crippen LogP contribution in [0, 0.1) is 5.41 Å². The molecule has 0 bridgehead atoms. The largest absolute Gasteiger partial charge is 0.494 e. The SMILES string of the molecule is CC1(C)OB(c2ccc(C(=N)N)cc2)OC1(C)C.Cl. The molecule has 4 nitrogen and oxygen atoms in total. The van der Waals surface area contributed by atoms with Gasteiger partial charge in [0.15, 0.2) is 0 Å². The van der Waals surface area contributed by atoms with Crippen LogP contribution in [0.4, 0.5) is 0 Å². The minimum absolute atomic E-state index is 0. The third-order valence-corrected chi connectivity index (χ3v) is 3.75. The summed E-state index contributed by atoms with van der Waals surface area (Å²) in [5, 5.41) is 7.36. The molecule has 1 aliphatic rings. The van der Waals surface area contributed by atoms with Crippen LogP contribution in [0.1, 0.15) is 33.3 Å². The zero-order valence-electron chi connectivity index (χ0n) is 11.7. The molecular formula is C13H20BClN2O2. The van der Waals surface area contributed by atoms with E-state index in [0.717, 1.165) is 5.46 Å². The van der Waals surface area contributed by atoms with Gasteiger partial charge in [0.05, 0.1) is 11.2 Å². The zero-order chi connectivity index (χ0) is 13.6. The molecule has 0 aromatic heterocycles. The lowest BCUT2D eigenvalue weighted by atomic mass is 9.79. The van der Waals surface area contributed by atoms with Gasteiger partial charge in [0, 0.05) is 5.56 Å². The first kappa shape index (κ1) is 16.0. The lowest BCUT2D eigenvalue weighted by molar-refractivity contribution is 0.00578. The molecule has 0 aliphatic carbocycles. The second-order valence-electron chi connectivity index (χ2n) is 5.62. The van der Waals surface area contributed by atoms with E-state index in [-0.39, 0.29) is 36.6 Å². The fourth-order valence-electron chi connectivity index (χ4n) is 1.80. The van der Waals surface area contributed by atoms with Crippen LogP contribution in [0.25, 0.3) is 0 Å². The van der Waals surface area contributed by atoms with E-state index in [1.165, 1.54) is 0 Å². The number of benzene rings is 1. The summed E-state index contributed by atoms with van der Waals surface area (Å²) >= 11 is 0. The standard InChI is InChI=1S/C13H19BN2O2.ClH/c1-12(2)13(3,4)18-14(17-12)10-7-5-9(6-8-10)11(15)16;/h5-8H,1-4H3,(H3,15,16);1H. The number of hydrogen-bond acceptors (Lipinski definition) is 3. The van der Waals surface area contributed by atoms with Gasteiger partial charge < -0.3 is 15.0 Å². The first-order valence-electron chi connectivity index (χ1n) is 6.03. The number of rotatable bonds is 2. The highest BCUT2D eigenvalue weighted by Gasteiger charge is 2.51. The second-order valence-corrected chi connectivity index (χ2v) is 5.62. The lowest BCUT2D eigenvalue weighted by Gasteiger charge is -2.32. The molecule has 1 aromatic rings. The van der Waals surface area contributed by atoms with Crippen LogP contribution in [0.5, 0.6) is 0 Å². The van der Waals surface area contributed by atoms with Gasteiger partial charge in [0.2, 0.25) is 0 Å². The van der Waals surface area contributed by atoms with Crippen LogP contribution >= 0.6 is 12.4 Å². The smallest absolute Gasteiger partial charge is 0.399 e. The molecule has 0 radical (unpaired) electrons. The van der Waals surface area contributed by atoms with Crippen molar-refractivity contribution in [3.63, 3.8) is 0 Å². The molecule has 0 unspecified atom stereocenters. The van der Waals surface area contributed by atoms with Gasteiger partial charge in [-0.3, -0.25) is 5.41 Å². The van der Waals surface area contributed by atoms with Crippen molar-refractivity contribution in [2.45, 2.75) is 38.9 Å². The van der Waals surface area contributed by atoms with Gasteiger partial charge in [-0.05, 0) is 33.2 Å². The van der Waals surface area contributed by atoms with E-state index in [4.69, 9.17) is 20.5 Å². The molecule has 1 heterocycles. The van der Waals surface area contributed by atoms with E-state index < -0.39 is 0 Å². The monoisotopic (exact) mass is 282 g/mol. The molecule has 2 rings (SSSR count). The van der Waals surface area contributed by atoms with Crippen LogP contribution in [-0.2, 0) is 9.31 Å². The van der Waals surface area contributed by atoms with Crippen LogP contribution in [-0.4, -0.2) is 24.2 Å². The molecule has 104 valence electrons. The summed E-state index contributed by atoms with van der Waals surface area (Å²) in [4.78, 5) is 0. The Morgan fingerprint density at radius 2 is 1.47 bits per heavy atom. The fraction of sp³-hybridized carbons (Fsp3) is 0.462. The van der Waals surface area contributed by atoms with Crippen molar-refractivity contribution in [2.24, 2.45) is 5.73 Å². The maximum absolute atomic E-state index is 7.36. The van der Waals surface area contributed by atoms with Gasteiger partial charge >= 0.3 is 7.12 Å². The molecule has 0 saturated carbocycles. The second kappa shape index (κ2) is 5.15. The Balaban J connectivity index is 0.00000180. The Kier molecular flexibility index (Phi) is 4.35. The van der Waals surface area contributed by atoms with Crippen molar-refractivity contribution < 1.29 is 9.31 Å². The van der Waals surface area contributed by atoms with Gasteiger partial charge in [-0.15, -0.1) is 12.4 Å². The number of nitrogen functional groups attached to an aromatic ring is 1. The normalized spacial score (nSPS) is 19.9. The van der Waals surface area contributed by atoms with E-state index in [1.807, 2.05) is 52.0 Å². The highest BCUT2D eigenvalue weighted by atomic mass is 35.5. The maximum Gasteiger partial charge on any atom is 0.494 e. The topological polar surface area (TPSA) is 68.3 Å². The molecule has 1 saturated heterocycles. The number of hydrogen-bond donors (Lipinski definition) is 2. The van der Waals surface area contributed by atoms with E-state index in [9.17, 15) is 0 Å². The third-order valence-electron chi connectivity index (χ3n) is 3.75. The molecule has 0 amide bonds. The van der Waals surface area contributed by atoms with E-state index in [1.54, 1.807) is 0 Å². The summed E-state index contributed by atoms with van der Waals surface area (Å²) < 4.78 is 11.9. The summed E-state index contributed by atoms with van der Waals surface area (Å²) in [6, 6.07) is 7.39. The molecular weight excluding hydrogens is 262 g/mol. The Bertz CT molecular complexity index is 458. The number of nitrogens with two attached hydrogens (primary N) is 1. The maximum atomic E-state index is 7.36. The number of halogens is 1. The summed E-state index contributed by atoms with van der Waals surface area (Å²) in [6.07, 6.45) is 0. The summed E-state index contributed by atoms with van der Waals surface area (Å²) in [7, 11) is -0.365. The Morgan fingerprint density at radius 3 is 1.84 bits per heavy atom. The minimum Gasteiger partial charge on any atom is -0.399 e. The van der Waals surface area contributed by atoms with Crippen molar-refractivity contribution in [1.29, 1.82) is 5.41 Å². The summed E-state index contributed by atoms with van der Waals surface area (Å²) in [5.74, 6) is 0.0652. The summed E-state index contributed by atoms with van der Waals surface area (Å²) in [6.45, 7) is 8.10. The van der Waals surface area contributed by atoms with Crippen molar-refractivity contribution in [1.82, 2.24) is 0 Å². The van der Waals surface area contributed by atoms with Crippen molar-refractivity contribution in [2.75, 3.05) is 0 Å². The fourth-order valence-corrected chi connectivity index (χ4v) is 1.80. The van der Waals surface area contributed by atoms with E-state index in [2.05, 4.69) is 0 Å². The highest BCUT2D eigenvalue weighted by molar-refractivity contribution is 6.62. The highest BCUT2D eigenvalue weighted by Crippen LogP contribution is 2.36. The van der Waals surface area contributed by atoms with Crippen LogP contribution < -0.4 is 11.2 Å². The Hall–Kier alpha value is -1.04. The molecule has 1 aromatic carbocycles. The Morgan fingerprint density at radius 1 is 1.05 bits per heavy atom. The van der Waals surface area contributed by atoms with Gasteiger partial charge in [0.25, 0.3) is 0 Å². The van der Waals surface area contributed by atoms with Crippen LogP contribution in [0.15, 0.2) is 24.3 Å². The average Bonchev–Trinajstić information content (AvgIpc) is 2.48. The first-order chi connectivity index (χ1) is 8.23. The van der Waals surface area contributed by atoms with Crippen LogP contribution in [0.3, 0.4) is 0 Å². The molecule has 6 heteroatoms. The number of nitrogens with one attached hydrogen (secondary N) is 1. The van der Waals surface area contributed by atoms with Gasteiger partial charge in [-0.1, -0.05) is 24.3 Å². The van der Waals surface area contributed by atoms with Crippen LogP contribution in [0.2, 0.25) is 0 Å². The molecule has 0 spiro atoms. The number of amidine groups is 1. The lowest BCUT2D eigenvalue weighted by Crippen LogP contribution is -2.41. The van der Waals surface area contributed by atoms with Gasteiger partial charge in [-0.2, -0.15) is 0 Å². The average molecular weight is 283 g/mol. The third kappa shape index (κ3) is 2.94. The van der Waals surface area contributed by atoms with Crippen molar-refractivity contribution >= 4 is 30.8 Å². The molecule has 19 heavy (non-hydrogen) atoms. The van der Waals surface area contributed by atoms with Gasteiger partial charge in [-0.25, -0.2) is 0 Å². The predicted octanol–water partition coefficient (Wildman–Crippen LogP) is 1.69. The molecule has 1 aliphatic heterocycles. The zero-order valence-corrected chi connectivity index (χ0v) is 12.5. The quantitative estimate of drug-likeness (QED) is 0.493. The van der Waals surface area contributed by atoms with Gasteiger partial charge in [0.1, 0.15) is 5.84 Å².